The third-order valence-electron chi connectivity index (χ3n) is 7.09. The topological polar surface area (TPSA) is 0 Å². The number of hydrogen-bond donors (Lipinski definition) is 0. The molecular formula is C28H57. The van der Waals surface area contributed by atoms with Crippen molar-refractivity contribution in [2.75, 3.05) is 0 Å². The first kappa shape index (κ1) is 28.0. The molecule has 0 atom stereocenters. The number of rotatable bonds is 22. The Morgan fingerprint density at radius 1 is 0.393 bits per heavy atom. The Labute approximate surface area is 181 Å². The molecule has 0 unspecified atom stereocenters. The van der Waals surface area contributed by atoms with Crippen molar-refractivity contribution in [3.63, 3.8) is 0 Å². The molecule has 0 heterocycles. The summed E-state index contributed by atoms with van der Waals surface area (Å²) in [5.74, 6) is 1.74. The molecule has 0 saturated carbocycles. The van der Waals surface area contributed by atoms with Crippen LogP contribution in [0.4, 0.5) is 0 Å². The van der Waals surface area contributed by atoms with Crippen LogP contribution < -0.4 is 0 Å². The highest BCUT2D eigenvalue weighted by Gasteiger charge is 2.32. The molecule has 0 aromatic rings. The first-order valence-corrected chi connectivity index (χ1v) is 13.4. The molecule has 0 spiro atoms. The molecule has 0 aromatic carbocycles. The van der Waals surface area contributed by atoms with Gasteiger partial charge in [0.15, 0.2) is 0 Å². The minimum atomic E-state index is 0.556. The van der Waals surface area contributed by atoms with Crippen LogP contribution in [-0.4, -0.2) is 0 Å². The second kappa shape index (κ2) is 20.3. The van der Waals surface area contributed by atoms with Gasteiger partial charge in [-0.25, -0.2) is 0 Å². The zero-order valence-electron chi connectivity index (χ0n) is 20.8. The smallest absolute Gasteiger partial charge is 0.0241 e. The molecule has 0 aliphatic carbocycles. The van der Waals surface area contributed by atoms with Gasteiger partial charge in [0.25, 0.3) is 0 Å². The summed E-state index contributed by atoms with van der Waals surface area (Å²) in [5, 5.41) is 0. The maximum Gasteiger partial charge on any atom is -0.0241 e. The zero-order chi connectivity index (χ0) is 20.9. The summed E-state index contributed by atoms with van der Waals surface area (Å²) in [6, 6.07) is 0. The normalized spacial score (nSPS) is 12.2. The minimum absolute atomic E-state index is 0.556. The summed E-state index contributed by atoms with van der Waals surface area (Å²) >= 11 is 0. The van der Waals surface area contributed by atoms with Crippen LogP contribution in [0.15, 0.2) is 0 Å². The van der Waals surface area contributed by atoms with Crippen LogP contribution in [0.5, 0.6) is 0 Å². The lowest BCUT2D eigenvalue weighted by molar-refractivity contribution is 0.212. The van der Waals surface area contributed by atoms with Gasteiger partial charge in [-0.05, 0) is 30.6 Å². The Morgan fingerprint density at radius 3 is 0.893 bits per heavy atom. The van der Waals surface area contributed by atoms with Gasteiger partial charge >= 0.3 is 0 Å². The van der Waals surface area contributed by atoms with Crippen molar-refractivity contribution in [1.29, 1.82) is 0 Å². The van der Waals surface area contributed by atoms with Gasteiger partial charge in [-0.1, -0.05) is 150 Å². The third-order valence-corrected chi connectivity index (χ3v) is 7.09. The molecule has 1 radical (unpaired) electrons. The van der Waals surface area contributed by atoms with E-state index in [-0.39, 0.29) is 0 Å². The Balaban J connectivity index is 4.45. The SMILES string of the molecule is CCCCCCCCC(CCCCCCCC)(CCCCCCCC)[C](C)C. The maximum absolute atomic E-state index is 2.45. The van der Waals surface area contributed by atoms with E-state index >= 15 is 0 Å². The zero-order valence-corrected chi connectivity index (χ0v) is 20.8. The summed E-state index contributed by atoms with van der Waals surface area (Å²) in [6.45, 7) is 11.9. The van der Waals surface area contributed by atoms with Crippen molar-refractivity contribution in [1.82, 2.24) is 0 Å². The van der Waals surface area contributed by atoms with E-state index in [0.717, 1.165) is 0 Å². The van der Waals surface area contributed by atoms with Crippen LogP contribution in [-0.2, 0) is 0 Å². The van der Waals surface area contributed by atoms with E-state index in [1.165, 1.54) is 135 Å². The average Bonchev–Trinajstić information content (AvgIpc) is 2.69. The summed E-state index contributed by atoms with van der Waals surface area (Å²) < 4.78 is 0. The third kappa shape index (κ3) is 14.9. The van der Waals surface area contributed by atoms with E-state index in [4.69, 9.17) is 0 Å². The standard InChI is InChI=1S/C28H57/c1-6-9-12-15-18-21-24-28(27(4)5,25-22-19-16-13-10-7-2)26-23-20-17-14-11-8-3/h6-26H2,1-5H3. The Kier molecular flexibility index (Phi) is 20.3. The van der Waals surface area contributed by atoms with Crippen molar-refractivity contribution in [2.45, 2.75) is 169 Å². The fourth-order valence-electron chi connectivity index (χ4n) is 4.86. The predicted octanol–water partition coefficient (Wildman–Crippen LogP) is 10.8. The van der Waals surface area contributed by atoms with Crippen LogP contribution in [0, 0.1) is 11.3 Å². The molecule has 28 heavy (non-hydrogen) atoms. The quantitative estimate of drug-likeness (QED) is 0.160. The van der Waals surface area contributed by atoms with Crippen molar-refractivity contribution in [2.24, 2.45) is 5.41 Å². The van der Waals surface area contributed by atoms with Gasteiger partial charge in [0.05, 0.1) is 0 Å². The molecule has 0 saturated heterocycles. The lowest BCUT2D eigenvalue weighted by Gasteiger charge is -2.38. The summed E-state index contributed by atoms with van der Waals surface area (Å²) in [5.41, 5.74) is 0.556. The molecule has 0 bridgehead atoms. The molecule has 0 heteroatoms. The van der Waals surface area contributed by atoms with Gasteiger partial charge in [-0.15, -0.1) is 0 Å². The number of hydrogen-bond acceptors (Lipinski definition) is 0. The largest absolute Gasteiger partial charge is 0.0654 e. The molecular weight excluding hydrogens is 336 g/mol. The van der Waals surface area contributed by atoms with Gasteiger partial charge in [0.2, 0.25) is 0 Å². The molecule has 169 valence electrons. The van der Waals surface area contributed by atoms with E-state index < -0.39 is 0 Å². The second-order valence-electron chi connectivity index (χ2n) is 9.83. The van der Waals surface area contributed by atoms with E-state index in [1.54, 1.807) is 5.92 Å². The van der Waals surface area contributed by atoms with Crippen LogP contribution in [0.25, 0.3) is 0 Å². The van der Waals surface area contributed by atoms with Crippen molar-refractivity contribution in [3.05, 3.63) is 5.92 Å². The van der Waals surface area contributed by atoms with Gasteiger partial charge in [0.1, 0.15) is 0 Å². The molecule has 0 rings (SSSR count). The lowest BCUT2D eigenvalue weighted by Crippen LogP contribution is -2.26. The fraction of sp³-hybridized carbons (Fsp3) is 0.964. The Hall–Kier alpha value is 0. The van der Waals surface area contributed by atoms with Gasteiger partial charge in [0, 0.05) is 0 Å². The summed E-state index contributed by atoms with van der Waals surface area (Å²) in [7, 11) is 0. The first-order chi connectivity index (χ1) is 13.6. The van der Waals surface area contributed by atoms with Gasteiger partial charge in [-0.3, -0.25) is 0 Å². The van der Waals surface area contributed by atoms with Crippen molar-refractivity contribution >= 4 is 0 Å². The highest BCUT2D eigenvalue weighted by molar-refractivity contribution is 5.00. The van der Waals surface area contributed by atoms with E-state index in [0.29, 0.717) is 5.41 Å². The molecule has 0 aliphatic heterocycles. The van der Waals surface area contributed by atoms with Crippen LogP contribution in [0.2, 0.25) is 0 Å². The lowest BCUT2D eigenvalue weighted by atomic mass is 9.67. The highest BCUT2D eigenvalue weighted by atomic mass is 14.4. The highest BCUT2D eigenvalue weighted by Crippen LogP contribution is 2.45. The van der Waals surface area contributed by atoms with Gasteiger partial charge in [-0.2, -0.15) is 0 Å². The molecule has 0 fully saturated rings. The second-order valence-corrected chi connectivity index (χ2v) is 9.83. The van der Waals surface area contributed by atoms with E-state index in [2.05, 4.69) is 34.6 Å². The Bertz CT molecular complexity index is 250. The fourth-order valence-corrected chi connectivity index (χ4v) is 4.86. The van der Waals surface area contributed by atoms with Gasteiger partial charge < -0.3 is 0 Å². The van der Waals surface area contributed by atoms with Crippen LogP contribution in [0.1, 0.15) is 169 Å². The van der Waals surface area contributed by atoms with Crippen molar-refractivity contribution in [3.8, 4) is 0 Å². The van der Waals surface area contributed by atoms with Crippen LogP contribution in [0.3, 0.4) is 0 Å². The maximum atomic E-state index is 2.45. The summed E-state index contributed by atoms with van der Waals surface area (Å²) in [4.78, 5) is 0. The van der Waals surface area contributed by atoms with Crippen LogP contribution >= 0.6 is 0 Å². The van der Waals surface area contributed by atoms with Crippen molar-refractivity contribution < 1.29 is 0 Å². The average molecular weight is 394 g/mol. The summed E-state index contributed by atoms with van der Waals surface area (Å²) in [6.07, 6.45) is 30.3. The number of unbranched alkanes of at least 4 members (excludes halogenated alkanes) is 15. The Morgan fingerprint density at radius 2 is 0.643 bits per heavy atom. The molecule has 0 N–H and O–H groups in total. The predicted molar refractivity (Wildman–Crippen MR) is 131 cm³/mol. The monoisotopic (exact) mass is 393 g/mol. The molecule has 0 nitrogen and oxygen atoms in total. The molecule has 0 aromatic heterocycles. The molecule has 0 aliphatic rings. The minimum Gasteiger partial charge on any atom is -0.0654 e. The molecule has 0 amide bonds. The first-order valence-electron chi connectivity index (χ1n) is 13.4. The van der Waals surface area contributed by atoms with E-state index in [9.17, 15) is 0 Å². The van der Waals surface area contributed by atoms with E-state index in [1.807, 2.05) is 0 Å².